The van der Waals surface area contributed by atoms with Gasteiger partial charge in [0, 0.05) is 38.0 Å². The number of aromatic hydroxyl groups is 1. The number of likely N-dealkylation sites (tertiary alicyclic amines) is 1. The molecule has 0 bridgehead atoms. The Kier molecular flexibility index (Phi) is 5.45. The largest absolute Gasteiger partial charge is 0.507 e. The van der Waals surface area contributed by atoms with Crippen LogP contribution < -0.4 is 5.73 Å². The molecule has 7 nitrogen and oxygen atoms in total. The van der Waals surface area contributed by atoms with Gasteiger partial charge in [-0.1, -0.05) is 0 Å². The van der Waals surface area contributed by atoms with Crippen molar-refractivity contribution >= 4 is 17.9 Å². The molecule has 2 aromatic rings. The molecule has 1 aromatic heterocycles. The number of aliphatic imine (C=N–C) groups is 1. The molecule has 1 aliphatic heterocycles. The van der Waals surface area contributed by atoms with E-state index in [0.717, 1.165) is 6.07 Å². The molecule has 1 aliphatic rings. The van der Waals surface area contributed by atoms with E-state index in [2.05, 4.69) is 15.0 Å². The molecule has 2 heterocycles. The van der Waals surface area contributed by atoms with Crippen molar-refractivity contribution in [3.8, 4) is 17.0 Å². The number of benzene rings is 1. The van der Waals surface area contributed by atoms with Crippen LogP contribution in [0.25, 0.3) is 11.3 Å². The Morgan fingerprint density at radius 1 is 1.41 bits per heavy atom. The fourth-order valence-electron chi connectivity index (χ4n) is 3.27. The lowest BCUT2D eigenvalue weighted by Gasteiger charge is -2.13. The lowest BCUT2D eigenvalue weighted by molar-refractivity contribution is -0.137. The second-order valence-corrected chi connectivity index (χ2v) is 7.05. The summed E-state index contributed by atoms with van der Waals surface area (Å²) in [5, 5.41) is 10.1. The molecule has 1 amide bonds. The molecule has 1 aromatic carbocycles. The number of aromatic nitrogens is 2. The molecule has 0 saturated carbocycles. The fraction of sp³-hybridized carbons (Fsp3) is 0.368. The van der Waals surface area contributed by atoms with E-state index < -0.39 is 17.5 Å². The summed E-state index contributed by atoms with van der Waals surface area (Å²) in [5.74, 6) is -0.309. The Morgan fingerprint density at radius 3 is 2.69 bits per heavy atom. The van der Waals surface area contributed by atoms with E-state index in [1.165, 1.54) is 19.3 Å². The number of aryl methyl sites for hydroxylation is 1. The van der Waals surface area contributed by atoms with Gasteiger partial charge in [-0.3, -0.25) is 9.79 Å². The van der Waals surface area contributed by atoms with E-state index in [9.17, 15) is 23.1 Å². The van der Waals surface area contributed by atoms with Crippen LogP contribution >= 0.6 is 0 Å². The maximum atomic E-state index is 12.9. The minimum absolute atomic E-state index is 0.0320. The number of anilines is 1. The number of carbonyl (C=O) groups is 1. The number of nitrogen functional groups attached to an aromatic ring is 1. The van der Waals surface area contributed by atoms with Crippen LogP contribution in [0, 0.1) is 12.8 Å². The molecule has 0 radical (unpaired) electrons. The van der Waals surface area contributed by atoms with Crippen molar-refractivity contribution in [3.63, 3.8) is 0 Å². The molecular formula is C19H20F3N5O2. The molecule has 29 heavy (non-hydrogen) atoms. The SMILES string of the molecule is Cc1cc(C(F)(F)F)cc(O)c1-c1cnc(C=NCC2CC(=O)N(C)C2)c(N)n1. The number of nitrogens with zero attached hydrogens (tertiary/aromatic N) is 4. The van der Waals surface area contributed by atoms with Gasteiger partial charge in [-0.15, -0.1) is 0 Å². The van der Waals surface area contributed by atoms with Gasteiger partial charge >= 0.3 is 6.18 Å². The standard InChI is InChI=1S/C19H20F3N5O2/c1-10-3-12(19(20,21)22)5-15(28)17(10)13-8-25-14(18(23)26-13)7-24-6-11-4-16(29)27(2)9-11/h3,5,7-8,11,28H,4,6,9H2,1-2H3,(H2,23,26). The average Bonchev–Trinajstić information content (AvgIpc) is 2.93. The summed E-state index contributed by atoms with van der Waals surface area (Å²) in [7, 11) is 1.74. The first-order chi connectivity index (χ1) is 13.6. The molecule has 10 heteroatoms. The van der Waals surface area contributed by atoms with Gasteiger partial charge in [-0.2, -0.15) is 13.2 Å². The van der Waals surface area contributed by atoms with Crippen molar-refractivity contribution in [2.75, 3.05) is 25.9 Å². The number of carbonyl (C=O) groups excluding carboxylic acids is 1. The van der Waals surface area contributed by atoms with E-state index in [1.54, 1.807) is 11.9 Å². The van der Waals surface area contributed by atoms with Crippen molar-refractivity contribution in [1.82, 2.24) is 14.9 Å². The summed E-state index contributed by atoms with van der Waals surface area (Å²) in [5.41, 5.74) is 5.75. The van der Waals surface area contributed by atoms with Crippen molar-refractivity contribution in [3.05, 3.63) is 35.2 Å². The third-order valence-electron chi connectivity index (χ3n) is 4.73. The van der Waals surface area contributed by atoms with Crippen molar-refractivity contribution in [1.29, 1.82) is 0 Å². The van der Waals surface area contributed by atoms with E-state index in [4.69, 9.17) is 5.73 Å². The van der Waals surface area contributed by atoms with E-state index in [1.807, 2.05) is 0 Å². The Morgan fingerprint density at radius 2 is 2.14 bits per heavy atom. The molecule has 1 fully saturated rings. The van der Waals surface area contributed by atoms with Gasteiger partial charge in [0.05, 0.1) is 23.7 Å². The maximum Gasteiger partial charge on any atom is 0.416 e. The Labute approximate surface area is 165 Å². The third kappa shape index (κ3) is 4.47. The quantitative estimate of drug-likeness (QED) is 0.759. The number of hydrogen-bond acceptors (Lipinski definition) is 6. The molecule has 1 saturated heterocycles. The van der Waals surface area contributed by atoms with Crippen LogP contribution in [-0.2, 0) is 11.0 Å². The molecule has 154 valence electrons. The molecule has 3 rings (SSSR count). The highest BCUT2D eigenvalue weighted by Gasteiger charge is 2.32. The number of phenolic OH excluding ortho intramolecular Hbond substituents is 1. The van der Waals surface area contributed by atoms with Gasteiger partial charge in [-0.05, 0) is 24.6 Å². The summed E-state index contributed by atoms with van der Waals surface area (Å²) < 4.78 is 38.6. The van der Waals surface area contributed by atoms with Crippen molar-refractivity contribution in [2.45, 2.75) is 19.5 Å². The Bertz CT molecular complexity index is 952. The van der Waals surface area contributed by atoms with Crippen LogP contribution in [0.2, 0.25) is 0 Å². The topological polar surface area (TPSA) is 105 Å². The van der Waals surface area contributed by atoms with Crippen molar-refractivity contribution < 1.29 is 23.1 Å². The first-order valence-corrected chi connectivity index (χ1v) is 8.83. The highest BCUT2D eigenvalue weighted by molar-refractivity contribution is 5.84. The Hall–Kier alpha value is -3.17. The van der Waals surface area contributed by atoms with E-state index in [-0.39, 0.29) is 34.5 Å². The average molecular weight is 407 g/mol. The molecule has 0 aliphatic carbocycles. The summed E-state index contributed by atoms with van der Waals surface area (Å²) in [6, 6.07) is 1.58. The minimum Gasteiger partial charge on any atom is -0.507 e. The number of alkyl halides is 3. The minimum atomic E-state index is -4.56. The predicted octanol–water partition coefficient (Wildman–Crippen LogP) is 2.66. The molecular weight excluding hydrogens is 387 g/mol. The van der Waals surface area contributed by atoms with Gasteiger partial charge in [0.25, 0.3) is 0 Å². The van der Waals surface area contributed by atoms with Crippen LogP contribution in [-0.4, -0.2) is 52.2 Å². The van der Waals surface area contributed by atoms with Crippen LogP contribution in [0.5, 0.6) is 5.75 Å². The second-order valence-electron chi connectivity index (χ2n) is 7.05. The molecule has 1 unspecified atom stereocenters. The highest BCUT2D eigenvalue weighted by atomic mass is 19.4. The summed E-state index contributed by atoms with van der Waals surface area (Å²) in [6.45, 7) is 2.53. The lowest BCUT2D eigenvalue weighted by atomic mass is 10.0. The normalized spacial score (nSPS) is 17.5. The smallest absolute Gasteiger partial charge is 0.416 e. The van der Waals surface area contributed by atoms with Crippen LogP contribution in [0.15, 0.2) is 23.3 Å². The van der Waals surface area contributed by atoms with Gasteiger partial charge in [0.15, 0.2) is 5.82 Å². The van der Waals surface area contributed by atoms with Crippen LogP contribution in [0.4, 0.5) is 19.0 Å². The summed E-state index contributed by atoms with van der Waals surface area (Å²) >= 11 is 0. The van der Waals surface area contributed by atoms with E-state index >= 15 is 0 Å². The monoisotopic (exact) mass is 407 g/mol. The zero-order valence-electron chi connectivity index (χ0n) is 15.9. The predicted molar refractivity (Wildman–Crippen MR) is 101 cm³/mol. The number of nitrogens with two attached hydrogens (primary N) is 1. The number of rotatable bonds is 4. The summed E-state index contributed by atoms with van der Waals surface area (Å²) in [6.07, 6.45) is -1.35. The van der Waals surface area contributed by atoms with Crippen LogP contribution in [0.1, 0.15) is 23.2 Å². The number of phenols is 1. The molecule has 3 N–H and O–H groups in total. The van der Waals surface area contributed by atoms with Gasteiger partial charge in [-0.25, -0.2) is 9.97 Å². The molecule has 0 spiro atoms. The van der Waals surface area contributed by atoms with Gasteiger partial charge in [0.2, 0.25) is 5.91 Å². The fourth-order valence-corrected chi connectivity index (χ4v) is 3.27. The zero-order chi connectivity index (χ0) is 21.3. The Balaban J connectivity index is 1.79. The highest BCUT2D eigenvalue weighted by Crippen LogP contribution is 2.38. The van der Waals surface area contributed by atoms with Gasteiger partial charge < -0.3 is 15.7 Å². The first-order valence-electron chi connectivity index (χ1n) is 8.83. The number of hydrogen-bond donors (Lipinski definition) is 2. The number of halogens is 3. The first kappa shape index (κ1) is 20.6. The third-order valence-corrected chi connectivity index (χ3v) is 4.73. The zero-order valence-corrected chi connectivity index (χ0v) is 15.9. The summed E-state index contributed by atoms with van der Waals surface area (Å²) in [4.78, 5) is 25.8. The second kappa shape index (κ2) is 7.69. The number of amides is 1. The van der Waals surface area contributed by atoms with Crippen LogP contribution in [0.3, 0.4) is 0 Å². The van der Waals surface area contributed by atoms with Crippen molar-refractivity contribution in [2.24, 2.45) is 10.9 Å². The maximum absolute atomic E-state index is 12.9. The van der Waals surface area contributed by atoms with E-state index in [0.29, 0.717) is 31.3 Å². The molecule has 1 atom stereocenters. The van der Waals surface area contributed by atoms with Gasteiger partial charge in [0.1, 0.15) is 11.4 Å². The lowest BCUT2D eigenvalue weighted by Crippen LogP contribution is -2.19.